The van der Waals surface area contributed by atoms with E-state index in [0.29, 0.717) is 12.5 Å². The zero-order chi connectivity index (χ0) is 17.6. The van der Waals surface area contributed by atoms with Gasteiger partial charge in [0.1, 0.15) is 5.01 Å². The lowest BCUT2D eigenvalue weighted by atomic mass is 10.1. The van der Waals surface area contributed by atoms with Gasteiger partial charge in [0.2, 0.25) is 5.91 Å². The van der Waals surface area contributed by atoms with Gasteiger partial charge in [-0.25, -0.2) is 9.98 Å². The molecule has 1 aliphatic heterocycles. The number of aliphatic imine (C=N–C) groups is 1. The summed E-state index contributed by atoms with van der Waals surface area (Å²) in [4.78, 5) is 24.8. The summed E-state index contributed by atoms with van der Waals surface area (Å²) in [6.45, 7) is 7.18. The molecule has 1 amide bonds. The minimum absolute atomic E-state index is 0.272. The van der Waals surface area contributed by atoms with Crippen molar-refractivity contribution in [1.29, 1.82) is 0 Å². The number of carbonyl (C=O) groups is 1. The van der Waals surface area contributed by atoms with Gasteiger partial charge in [-0.2, -0.15) is 0 Å². The molecule has 1 saturated carbocycles. The molecule has 2 aliphatic rings. The summed E-state index contributed by atoms with van der Waals surface area (Å²) in [5, 5.41) is 7.82. The number of aryl methyl sites for hydroxylation is 1. The number of hydrogen-bond donors (Lipinski definition) is 2. The molecule has 1 atom stereocenters. The van der Waals surface area contributed by atoms with E-state index in [1.54, 1.807) is 11.3 Å². The molecular weight excluding hydrogens is 334 g/mol. The van der Waals surface area contributed by atoms with E-state index in [1.807, 2.05) is 11.1 Å². The van der Waals surface area contributed by atoms with Crippen LogP contribution in [0.4, 0.5) is 0 Å². The third kappa shape index (κ3) is 4.93. The van der Waals surface area contributed by atoms with E-state index in [1.165, 1.54) is 17.7 Å². The van der Waals surface area contributed by atoms with E-state index in [2.05, 4.69) is 34.5 Å². The molecule has 1 aromatic heterocycles. The van der Waals surface area contributed by atoms with Crippen LogP contribution in [0.15, 0.2) is 11.2 Å². The summed E-state index contributed by atoms with van der Waals surface area (Å²) < 4.78 is 0. The normalized spacial score (nSPS) is 21.8. The number of thiazole rings is 1. The minimum Gasteiger partial charge on any atom is -0.357 e. The van der Waals surface area contributed by atoms with Crippen LogP contribution in [-0.2, 0) is 11.3 Å². The number of nitrogens with zero attached hydrogens (tertiary/aromatic N) is 3. The summed E-state index contributed by atoms with van der Waals surface area (Å²) >= 11 is 1.68. The second-order valence-electron chi connectivity index (χ2n) is 6.96. The Kier molecular flexibility index (Phi) is 6.29. The Morgan fingerprint density at radius 1 is 1.40 bits per heavy atom. The first-order valence-corrected chi connectivity index (χ1v) is 10.2. The number of likely N-dealkylation sites (tertiary alicyclic amines) is 1. The molecule has 25 heavy (non-hydrogen) atoms. The number of guanidine groups is 1. The number of carbonyl (C=O) groups excluding carboxylic acids is 1. The molecule has 1 aromatic rings. The van der Waals surface area contributed by atoms with Crippen molar-refractivity contribution >= 4 is 23.2 Å². The molecule has 1 aliphatic carbocycles. The van der Waals surface area contributed by atoms with Crippen molar-refractivity contribution in [3.05, 3.63) is 16.1 Å². The molecule has 2 fully saturated rings. The van der Waals surface area contributed by atoms with Gasteiger partial charge in [0.25, 0.3) is 0 Å². The lowest BCUT2D eigenvalue weighted by Crippen LogP contribution is -2.45. The minimum atomic E-state index is 0.272. The van der Waals surface area contributed by atoms with Gasteiger partial charge in [0.15, 0.2) is 5.96 Å². The molecule has 0 bridgehead atoms. The Labute approximate surface area is 154 Å². The predicted octanol–water partition coefficient (Wildman–Crippen LogP) is 2.30. The fraction of sp³-hybridized carbons (Fsp3) is 0.722. The smallest absolute Gasteiger partial charge is 0.225 e. The molecule has 1 unspecified atom stereocenters. The van der Waals surface area contributed by atoms with E-state index >= 15 is 0 Å². The summed E-state index contributed by atoms with van der Waals surface area (Å²) in [7, 11) is 0. The number of rotatable bonds is 5. The number of amides is 1. The van der Waals surface area contributed by atoms with Gasteiger partial charge in [-0.05, 0) is 33.1 Å². The molecule has 0 radical (unpaired) electrons. The monoisotopic (exact) mass is 363 g/mol. The van der Waals surface area contributed by atoms with Crippen molar-refractivity contribution in [2.24, 2.45) is 10.9 Å². The van der Waals surface area contributed by atoms with Crippen molar-refractivity contribution < 1.29 is 4.79 Å². The Bertz CT molecular complexity index is 608. The molecule has 2 heterocycles. The van der Waals surface area contributed by atoms with Crippen LogP contribution >= 0.6 is 11.3 Å². The zero-order valence-corrected chi connectivity index (χ0v) is 16.1. The topological polar surface area (TPSA) is 69.6 Å². The second-order valence-corrected chi connectivity index (χ2v) is 8.27. The maximum Gasteiger partial charge on any atom is 0.225 e. The molecule has 138 valence electrons. The zero-order valence-electron chi connectivity index (χ0n) is 15.3. The molecular formula is C18H29N5OS. The van der Waals surface area contributed by atoms with Crippen LogP contribution in [0.2, 0.25) is 0 Å². The molecule has 0 aromatic carbocycles. The van der Waals surface area contributed by atoms with Gasteiger partial charge in [0.05, 0.1) is 6.54 Å². The maximum atomic E-state index is 12.6. The first kappa shape index (κ1) is 18.2. The highest BCUT2D eigenvalue weighted by Crippen LogP contribution is 2.27. The van der Waals surface area contributed by atoms with Crippen LogP contribution in [0.5, 0.6) is 0 Å². The van der Waals surface area contributed by atoms with Gasteiger partial charge in [0, 0.05) is 42.7 Å². The fourth-order valence-electron chi connectivity index (χ4n) is 3.64. The molecule has 3 rings (SSSR count). The highest BCUT2D eigenvalue weighted by atomic mass is 32.1. The third-order valence-electron chi connectivity index (χ3n) is 4.93. The molecule has 0 spiro atoms. The largest absolute Gasteiger partial charge is 0.357 e. The fourth-order valence-corrected chi connectivity index (χ4v) is 4.36. The Hall–Kier alpha value is -1.63. The lowest BCUT2D eigenvalue weighted by molar-refractivity contribution is -0.134. The van der Waals surface area contributed by atoms with E-state index in [9.17, 15) is 4.79 Å². The van der Waals surface area contributed by atoms with Crippen molar-refractivity contribution in [3.63, 3.8) is 0 Å². The van der Waals surface area contributed by atoms with Crippen LogP contribution in [0.1, 0.15) is 48.9 Å². The summed E-state index contributed by atoms with van der Waals surface area (Å²) in [6.07, 6.45) is 7.44. The second kappa shape index (κ2) is 8.65. The van der Waals surface area contributed by atoms with Crippen LogP contribution < -0.4 is 10.6 Å². The Morgan fingerprint density at radius 2 is 2.20 bits per heavy atom. The summed E-state index contributed by atoms with van der Waals surface area (Å²) in [5.41, 5.74) is 0. The van der Waals surface area contributed by atoms with Gasteiger partial charge >= 0.3 is 0 Å². The van der Waals surface area contributed by atoms with Crippen LogP contribution in [-0.4, -0.2) is 47.4 Å². The Balaban J connectivity index is 1.52. The summed E-state index contributed by atoms with van der Waals surface area (Å²) in [5.74, 6) is 1.45. The quantitative estimate of drug-likeness (QED) is 0.622. The van der Waals surface area contributed by atoms with E-state index in [0.717, 1.165) is 49.9 Å². The highest BCUT2D eigenvalue weighted by molar-refractivity contribution is 7.11. The van der Waals surface area contributed by atoms with E-state index < -0.39 is 0 Å². The summed E-state index contributed by atoms with van der Waals surface area (Å²) in [6, 6.07) is 0.279. The van der Waals surface area contributed by atoms with Crippen molar-refractivity contribution in [2.75, 3.05) is 19.6 Å². The standard InChI is InChI=1S/C18H29N5OS/c1-3-19-18(21-11-16-20-10-13(2)25-16)22-15-8-9-23(12-15)17(24)14-6-4-5-7-14/h10,14-15H,3-9,11-12H2,1-2H3,(H2,19,21,22). The van der Waals surface area contributed by atoms with Crippen molar-refractivity contribution in [1.82, 2.24) is 20.5 Å². The SMILES string of the molecule is CCNC(=NCc1ncc(C)s1)NC1CCN(C(=O)C2CCCC2)C1. The van der Waals surface area contributed by atoms with Gasteiger partial charge in [-0.1, -0.05) is 12.8 Å². The average Bonchev–Trinajstić information content (AvgIpc) is 3.34. The number of aromatic nitrogens is 1. The third-order valence-corrected chi connectivity index (χ3v) is 5.83. The first-order chi connectivity index (χ1) is 12.2. The van der Waals surface area contributed by atoms with Gasteiger partial charge in [-0.15, -0.1) is 11.3 Å². The molecule has 2 N–H and O–H groups in total. The molecule has 1 saturated heterocycles. The van der Waals surface area contributed by atoms with E-state index in [-0.39, 0.29) is 12.0 Å². The Morgan fingerprint density at radius 3 is 2.88 bits per heavy atom. The highest BCUT2D eigenvalue weighted by Gasteiger charge is 2.32. The van der Waals surface area contributed by atoms with Crippen molar-refractivity contribution in [3.8, 4) is 0 Å². The van der Waals surface area contributed by atoms with E-state index in [4.69, 9.17) is 0 Å². The molecule has 7 heteroatoms. The van der Waals surface area contributed by atoms with Gasteiger partial charge < -0.3 is 15.5 Å². The predicted molar refractivity (Wildman–Crippen MR) is 102 cm³/mol. The van der Waals surface area contributed by atoms with Crippen LogP contribution in [0.25, 0.3) is 0 Å². The maximum absolute atomic E-state index is 12.6. The van der Waals surface area contributed by atoms with Gasteiger partial charge in [-0.3, -0.25) is 4.79 Å². The van der Waals surface area contributed by atoms with Crippen LogP contribution in [0, 0.1) is 12.8 Å². The van der Waals surface area contributed by atoms with Crippen molar-refractivity contribution in [2.45, 2.75) is 58.5 Å². The number of hydrogen-bond acceptors (Lipinski definition) is 4. The molecule has 6 nitrogen and oxygen atoms in total. The average molecular weight is 364 g/mol. The number of nitrogens with one attached hydrogen (secondary N) is 2. The lowest BCUT2D eigenvalue weighted by Gasteiger charge is -2.21. The van der Waals surface area contributed by atoms with Crippen LogP contribution in [0.3, 0.4) is 0 Å². The first-order valence-electron chi connectivity index (χ1n) is 9.40.